The zero-order valence-corrected chi connectivity index (χ0v) is 17.1. The standard InChI is InChI=1S/C24H35F3O/c1-2-3-4-5-17-6-8-18(9-7-17)19-10-12-20(13-11-19)21-14-15-23(22(25)16-21)28-24(26)27/h14-20,24H,2-13H2,1H3. The van der Waals surface area contributed by atoms with E-state index in [4.69, 9.17) is 0 Å². The molecule has 0 amide bonds. The molecule has 0 saturated heterocycles. The van der Waals surface area contributed by atoms with E-state index in [1.807, 2.05) is 0 Å². The van der Waals surface area contributed by atoms with Crippen LogP contribution in [-0.2, 0) is 0 Å². The summed E-state index contributed by atoms with van der Waals surface area (Å²) in [4.78, 5) is 0. The molecule has 1 nitrogen and oxygen atoms in total. The highest BCUT2D eigenvalue weighted by Gasteiger charge is 2.31. The Morgan fingerprint density at radius 2 is 1.57 bits per heavy atom. The maximum atomic E-state index is 14.0. The van der Waals surface area contributed by atoms with Gasteiger partial charge in [0.05, 0.1) is 0 Å². The second-order valence-corrected chi connectivity index (χ2v) is 8.96. The average molecular weight is 397 g/mol. The average Bonchev–Trinajstić information content (AvgIpc) is 2.70. The maximum absolute atomic E-state index is 14.0. The Labute approximate surface area is 168 Å². The summed E-state index contributed by atoms with van der Waals surface area (Å²) in [6, 6.07) is 4.50. The van der Waals surface area contributed by atoms with Gasteiger partial charge in [-0.2, -0.15) is 8.78 Å². The highest BCUT2D eigenvalue weighted by Crippen LogP contribution is 2.44. The molecule has 1 aromatic rings. The molecule has 0 unspecified atom stereocenters. The van der Waals surface area contributed by atoms with Gasteiger partial charge in [0.1, 0.15) is 0 Å². The van der Waals surface area contributed by atoms with Gasteiger partial charge in [0, 0.05) is 0 Å². The Balaban J connectivity index is 1.44. The summed E-state index contributed by atoms with van der Waals surface area (Å²) < 4.78 is 42.8. The van der Waals surface area contributed by atoms with Crippen LogP contribution in [0.25, 0.3) is 0 Å². The van der Waals surface area contributed by atoms with Crippen molar-refractivity contribution in [1.82, 2.24) is 0 Å². The van der Waals surface area contributed by atoms with E-state index in [9.17, 15) is 13.2 Å². The fourth-order valence-electron chi connectivity index (χ4n) is 5.52. The lowest BCUT2D eigenvalue weighted by Crippen LogP contribution is -2.25. The first-order chi connectivity index (χ1) is 13.6. The summed E-state index contributed by atoms with van der Waals surface area (Å²) in [5, 5.41) is 0. The second-order valence-electron chi connectivity index (χ2n) is 8.96. The molecule has 0 N–H and O–H groups in total. The molecule has 2 aliphatic rings. The molecule has 4 heteroatoms. The summed E-state index contributed by atoms with van der Waals surface area (Å²) in [5.41, 5.74) is 0.928. The van der Waals surface area contributed by atoms with Gasteiger partial charge in [0.25, 0.3) is 0 Å². The Morgan fingerprint density at radius 1 is 0.929 bits per heavy atom. The van der Waals surface area contributed by atoms with Gasteiger partial charge >= 0.3 is 6.61 Å². The molecular weight excluding hydrogens is 361 g/mol. The van der Waals surface area contributed by atoms with Gasteiger partial charge in [0.2, 0.25) is 0 Å². The highest BCUT2D eigenvalue weighted by atomic mass is 19.3. The predicted molar refractivity (Wildman–Crippen MR) is 107 cm³/mol. The van der Waals surface area contributed by atoms with Crippen LogP contribution in [0.5, 0.6) is 5.75 Å². The molecule has 0 aliphatic heterocycles. The molecule has 158 valence electrons. The lowest BCUT2D eigenvalue weighted by Gasteiger charge is -2.38. The lowest BCUT2D eigenvalue weighted by atomic mass is 9.68. The molecule has 2 saturated carbocycles. The third kappa shape index (κ3) is 5.90. The van der Waals surface area contributed by atoms with Crippen LogP contribution in [0.3, 0.4) is 0 Å². The molecule has 0 spiro atoms. The maximum Gasteiger partial charge on any atom is 0.387 e. The van der Waals surface area contributed by atoms with E-state index in [1.54, 1.807) is 6.07 Å². The van der Waals surface area contributed by atoms with E-state index >= 15 is 0 Å². The summed E-state index contributed by atoms with van der Waals surface area (Å²) >= 11 is 0. The van der Waals surface area contributed by atoms with Crippen LogP contribution >= 0.6 is 0 Å². The summed E-state index contributed by atoms with van der Waals surface area (Å²) in [7, 11) is 0. The van der Waals surface area contributed by atoms with Crippen LogP contribution in [-0.4, -0.2) is 6.61 Å². The minimum atomic E-state index is -2.99. The van der Waals surface area contributed by atoms with Gasteiger partial charge in [0.15, 0.2) is 11.6 Å². The minimum Gasteiger partial charge on any atom is -0.432 e. The van der Waals surface area contributed by atoms with Crippen molar-refractivity contribution in [3.05, 3.63) is 29.6 Å². The molecule has 0 aromatic heterocycles. The van der Waals surface area contributed by atoms with Crippen LogP contribution in [0.1, 0.15) is 95.5 Å². The fraction of sp³-hybridized carbons (Fsp3) is 0.750. The zero-order valence-electron chi connectivity index (χ0n) is 17.1. The predicted octanol–water partition coefficient (Wildman–Crippen LogP) is 8.09. The highest BCUT2D eigenvalue weighted by molar-refractivity contribution is 5.31. The van der Waals surface area contributed by atoms with Gasteiger partial charge in [-0.1, -0.05) is 51.5 Å². The smallest absolute Gasteiger partial charge is 0.387 e. The molecule has 1 aromatic carbocycles. The monoisotopic (exact) mass is 396 g/mol. The van der Waals surface area contributed by atoms with Crippen molar-refractivity contribution in [3.63, 3.8) is 0 Å². The number of rotatable bonds is 8. The van der Waals surface area contributed by atoms with Crippen LogP contribution < -0.4 is 4.74 Å². The first-order valence-electron chi connectivity index (χ1n) is 11.3. The quantitative estimate of drug-likeness (QED) is 0.403. The Morgan fingerprint density at radius 3 is 2.14 bits per heavy atom. The second kappa shape index (κ2) is 10.5. The van der Waals surface area contributed by atoms with Crippen LogP contribution in [0.2, 0.25) is 0 Å². The molecule has 2 fully saturated rings. The minimum absolute atomic E-state index is 0.344. The SMILES string of the molecule is CCCCCC1CCC(C2CCC(c3ccc(OC(F)F)c(F)c3)CC2)CC1. The van der Waals surface area contributed by atoms with E-state index in [2.05, 4.69) is 11.7 Å². The first-order valence-corrected chi connectivity index (χ1v) is 11.3. The molecular formula is C24H35F3O. The van der Waals surface area contributed by atoms with E-state index in [0.717, 1.165) is 36.2 Å². The third-order valence-corrected chi connectivity index (χ3v) is 7.19. The summed E-state index contributed by atoms with van der Waals surface area (Å²) in [6.45, 7) is -0.717. The third-order valence-electron chi connectivity index (χ3n) is 7.19. The van der Waals surface area contributed by atoms with Gasteiger partial charge in [-0.15, -0.1) is 0 Å². The van der Waals surface area contributed by atoms with Crippen molar-refractivity contribution in [1.29, 1.82) is 0 Å². The number of alkyl halides is 2. The fourth-order valence-corrected chi connectivity index (χ4v) is 5.52. The van der Waals surface area contributed by atoms with Crippen molar-refractivity contribution in [3.8, 4) is 5.75 Å². The van der Waals surface area contributed by atoms with Crippen molar-refractivity contribution in [2.45, 2.75) is 96.5 Å². The molecule has 2 aliphatic carbocycles. The molecule has 3 rings (SSSR count). The topological polar surface area (TPSA) is 9.23 Å². The zero-order chi connectivity index (χ0) is 19.9. The summed E-state index contributed by atoms with van der Waals surface area (Å²) in [5.74, 6) is 1.96. The van der Waals surface area contributed by atoms with E-state index in [1.165, 1.54) is 76.3 Å². The Kier molecular flexibility index (Phi) is 8.11. The van der Waals surface area contributed by atoms with E-state index in [-0.39, 0.29) is 5.75 Å². The molecule has 0 bridgehead atoms. The number of hydrogen-bond donors (Lipinski definition) is 0. The van der Waals surface area contributed by atoms with E-state index in [0.29, 0.717) is 5.92 Å². The van der Waals surface area contributed by atoms with Crippen molar-refractivity contribution < 1.29 is 17.9 Å². The number of ether oxygens (including phenoxy) is 1. The van der Waals surface area contributed by atoms with Gasteiger partial charge in [-0.3, -0.25) is 0 Å². The number of halogens is 3. The number of benzene rings is 1. The number of hydrogen-bond acceptors (Lipinski definition) is 1. The molecule has 28 heavy (non-hydrogen) atoms. The van der Waals surface area contributed by atoms with E-state index < -0.39 is 12.4 Å². The molecule has 0 radical (unpaired) electrons. The normalized spacial score (nSPS) is 28.5. The van der Waals surface area contributed by atoms with Gasteiger partial charge in [-0.25, -0.2) is 4.39 Å². The lowest BCUT2D eigenvalue weighted by molar-refractivity contribution is -0.0522. The van der Waals surface area contributed by atoms with Crippen LogP contribution in [0.4, 0.5) is 13.2 Å². The van der Waals surface area contributed by atoms with Crippen LogP contribution in [0, 0.1) is 23.6 Å². The van der Waals surface area contributed by atoms with Gasteiger partial charge in [-0.05, 0) is 79.9 Å². The largest absolute Gasteiger partial charge is 0.432 e. The number of unbranched alkanes of at least 4 members (excludes halogenated alkanes) is 2. The van der Waals surface area contributed by atoms with Crippen molar-refractivity contribution in [2.75, 3.05) is 0 Å². The first kappa shape index (κ1) is 21.5. The van der Waals surface area contributed by atoms with Crippen molar-refractivity contribution in [2.24, 2.45) is 17.8 Å². The van der Waals surface area contributed by atoms with Gasteiger partial charge < -0.3 is 4.74 Å². The Bertz CT molecular complexity index is 588. The summed E-state index contributed by atoms with van der Waals surface area (Å²) in [6.07, 6.45) is 15.7. The molecule has 0 atom stereocenters. The Hall–Kier alpha value is -1.19. The molecule has 0 heterocycles. The van der Waals surface area contributed by atoms with Crippen LogP contribution in [0.15, 0.2) is 18.2 Å². The van der Waals surface area contributed by atoms with Crippen molar-refractivity contribution >= 4 is 0 Å².